The molecule has 3 aromatic carbocycles. The lowest BCUT2D eigenvalue weighted by Crippen LogP contribution is -2.29. The van der Waals surface area contributed by atoms with Gasteiger partial charge in [0.2, 0.25) is 5.76 Å². The van der Waals surface area contributed by atoms with Crippen molar-refractivity contribution in [2.75, 3.05) is 11.5 Å². The van der Waals surface area contributed by atoms with E-state index in [-0.39, 0.29) is 28.0 Å². The number of hydrogen-bond acceptors (Lipinski definition) is 4. The second kappa shape index (κ2) is 9.02. The van der Waals surface area contributed by atoms with Gasteiger partial charge in [-0.05, 0) is 60.5 Å². The van der Waals surface area contributed by atoms with E-state index in [9.17, 15) is 22.8 Å². The summed E-state index contributed by atoms with van der Waals surface area (Å²) >= 11 is 6.10. The van der Waals surface area contributed by atoms with E-state index in [0.717, 1.165) is 23.5 Å². The van der Waals surface area contributed by atoms with Gasteiger partial charge >= 0.3 is 6.18 Å². The molecule has 0 spiro atoms. The van der Waals surface area contributed by atoms with Crippen LogP contribution in [0.15, 0.2) is 75.9 Å². The van der Waals surface area contributed by atoms with E-state index < -0.39 is 29.1 Å². The van der Waals surface area contributed by atoms with Gasteiger partial charge in [-0.3, -0.25) is 14.5 Å². The van der Waals surface area contributed by atoms with Crippen LogP contribution in [0.5, 0.6) is 5.75 Å². The van der Waals surface area contributed by atoms with Crippen molar-refractivity contribution < 1.29 is 27.1 Å². The molecule has 2 heterocycles. The third kappa shape index (κ3) is 4.11. The number of anilines is 1. The minimum absolute atomic E-state index is 0.0207. The second-order valence-corrected chi connectivity index (χ2v) is 8.80. The lowest BCUT2D eigenvalue weighted by Gasteiger charge is -2.26. The topological polar surface area (TPSA) is 59.8 Å². The fraction of sp³-hybridized carbons (Fsp3) is 0.185. The van der Waals surface area contributed by atoms with Crippen molar-refractivity contribution in [2.45, 2.75) is 25.6 Å². The highest BCUT2D eigenvalue weighted by Gasteiger charge is 2.44. The Labute approximate surface area is 208 Å². The molecule has 1 aromatic heterocycles. The first-order chi connectivity index (χ1) is 17.2. The maximum atomic E-state index is 13.7. The second-order valence-electron chi connectivity index (χ2n) is 8.36. The van der Waals surface area contributed by atoms with Crippen LogP contribution in [0, 0.1) is 0 Å². The molecular formula is C27H19ClF3NO4. The lowest BCUT2D eigenvalue weighted by atomic mass is 9.98. The van der Waals surface area contributed by atoms with Gasteiger partial charge in [-0.1, -0.05) is 36.7 Å². The van der Waals surface area contributed by atoms with Crippen molar-refractivity contribution in [3.63, 3.8) is 0 Å². The van der Waals surface area contributed by atoms with E-state index in [1.54, 1.807) is 24.3 Å². The molecule has 0 saturated carbocycles. The predicted octanol–water partition coefficient (Wildman–Crippen LogP) is 7.00. The van der Waals surface area contributed by atoms with E-state index >= 15 is 0 Å². The molecule has 36 heavy (non-hydrogen) atoms. The fourth-order valence-electron chi connectivity index (χ4n) is 4.35. The molecule has 1 aliphatic heterocycles. The maximum Gasteiger partial charge on any atom is 0.416 e. The average Bonchev–Trinajstić information content (AvgIpc) is 3.15. The Morgan fingerprint density at radius 1 is 1.03 bits per heavy atom. The van der Waals surface area contributed by atoms with Gasteiger partial charge in [0, 0.05) is 10.7 Å². The van der Waals surface area contributed by atoms with Crippen molar-refractivity contribution in [1.29, 1.82) is 0 Å². The predicted molar refractivity (Wildman–Crippen MR) is 130 cm³/mol. The molecule has 1 atom stereocenters. The van der Waals surface area contributed by atoms with Crippen LogP contribution in [0.4, 0.5) is 18.9 Å². The molecule has 184 valence electrons. The van der Waals surface area contributed by atoms with Crippen molar-refractivity contribution >= 4 is 34.2 Å². The van der Waals surface area contributed by atoms with Crippen molar-refractivity contribution in [1.82, 2.24) is 0 Å². The Balaban J connectivity index is 1.76. The number of alkyl halides is 3. The van der Waals surface area contributed by atoms with Crippen LogP contribution < -0.4 is 15.1 Å². The molecule has 9 heteroatoms. The summed E-state index contributed by atoms with van der Waals surface area (Å²) in [7, 11) is 0. The summed E-state index contributed by atoms with van der Waals surface area (Å²) in [6.45, 7) is 2.40. The first-order valence-electron chi connectivity index (χ1n) is 11.2. The van der Waals surface area contributed by atoms with Crippen LogP contribution in [0.2, 0.25) is 5.02 Å². The smallest absolute Gasteiger partial charge is 0.416 e. The minimum atomic E-state index is -4.62. The van der Waals surface area contributed by atoms with Crippen LogP contribution in [0.25, 0.3) is 11.0 Å². The van der Waals surface area contributed by atoms with Gasteiger partial charge in [0.15, 0.2) is 5.43 Å². The molecule has 1 aliphatic rings. The zero-order valence-electron chi connectivity index (χ0n) is 18.9. The zero-order chi connectivity index (χ0) is 25.6. The Morgan fingerprint density at radius 3 is 2.56 bits per heavy atom. The summed E-state index contributed by atoms with van der Waals surface area (Å²) in [5.41, 5.74) is -0.754. The van der Waals surface area contributed by atoms with Crippen molar-refractivity contribution in [3.05, 3.63) is 104 Å². The highest BCUT2D eigenvalue weighted by atomic mass is 35.5. The van der Waals surface area contributed by atoms with Gasteiger partial charge in [0.1, 0.15) is 11.3 Å². The molecule has 5 rings (SSSR count). The van der Waals surface area contributed by atoms with Gasteiger partial charge in [-0.15, -0.1) is 0 Å². The number of ether oxygens (including phenoxy) is 1. The number of nitrogens with zero attached hydrogens (tertiary/aromatic N) is 1. The Morgan fingerprint density at radius 2 is 1.81 bits per heavy atom. The Hall–Kier alpha value is -3.78. The molecule has 0 N–H and O–H groups in total. The molecular weight excluding hydrogens is 495 g/mol. The highest BCUT2D eigenvalue weighted by molar-refractivity contribution is 6.31. The van der Waals surface area contributed by atoms with Gasteiger partial charge in [-0.2, -0.15) is 13.2 Å². The number of carbonyl (C=O) groups is 1. The molecule has 0 bridgehead atoms. The maximum absolute atomic E-state index is 13.7. The average molecular weight is 514 g/mol. The van der Waals surface area contributed by atoms with E-state index in [1.165, 1.54) is 30.3 Å². The summed E-state index contributed by atoms with van der Waals surface area (Å²) < 4.78 is 52.1. The summed E-state index contributed by atoms with van der Waals surface area (Å²) in [5.74, 6) is -0.437. The molecule has 0 fully saturated rings. The molecule has 1 unspecified atom stereocenters. The number of amides is 1. The molecule has 1 amide bonds. The lowest BCUT2D eigenvalue weighted by molar-refractivity contribution is -0.137. The Bertz CT molecular complexity index is 1550. The normalized spacial score (nSPS) is 15.4. The standard InChI is InChI=1S/C27H19ClF3NO4/c1-2-11-35-19-8-3-5-15(12-19)23-22-24(33)20-14-17(28)9-10-21(20)36-25(22)26(34)32(23)18-7-4-6-16(13-18)27(29,30)31/h3-10,12-14,23H,2,11H2,1H3. The van der Waals surface area contributed by atoms with Crippen LogP contribution in [-0.4, -0.2) is 12.5 Å². The summed E-state index contributed by atoms with van der Waals surface area (Å²) in [6.07, 6.45) is -3.85. The van der Waals surface area contributed by atoms with Gasteiger partial charge in [-0.25, -0.2) is 0 Å². The van der Waals surface area contributed by atoms with Crippen LogP contribution >= 0.6 is 11.6 Å². The quantitative estimate of drug-likeness (QED) is 0.288. The molecule has 4 aromatic rings. The van der Waals surface area contributed by atoms with Crippen molar-refractivity contribution in [3.8, 4) is 5.75 Å². The number of benzene rings is 3. The van der Waals surface area contributed by atoms with Crippen LogP contribution in [-0.2, 0) is 6.18 Å². The van der Waals surface area contributed by atoms with E-state index in [2.05, 4.69) is 0 Å². The molecule has 5 nitrogen and oxygen atoms in total. The number of hydrogen-bond donors (Lipinski definition) is 0. The number of fused-ring (bicyclic) bond motifs is 2. The number of carbonyl (C=O) groups excluding carboxylic acids is 1. The Kier molecular flexibility index (Phi) is 6.00. The SMILES string of the molecule is CCCOc1cccc(C2c3c(oc4ccc(Cl)cc4c3=O)C(=O)N2c2cccc(C(F)(F)F)c2)c1. The van der Waals surface area contributed by atoms with E-state index in [4.69, 9.17) is 20.8 Å². The van der Waals surface area contributed by atoms with E-state index in [0.29, 0.717) is 22.9 Å². The monoisotopic (exact) mass is 513 g/mol. The van der Waals surface area contributed by atoms with Crippen LogP contribution in [0.1, 0.15) is 46.6 Å². The largest absolute Gasteiger partial charge is 0.494 e. The molecule has 0 saturated heterocycles. The summed E-state index contributed by atoms with van der Waals surface area (Å²) in [5, 5.41) is 0.476. The molecule has 0 aliphatic carbocycles. The minimum Gasteiger partial charge on any atom is -0.494 e. The highest BCUT2D eigenvalue weighted by Crippen LogP contribution is 2.43. The summed E-state index contributed by atoms with van der Waals surface area (Å²) in [4.78, 5) is 28.4. The first kappa shape index (κ1) is 23.9. The fourth-order valence-corrected chi connectivity index (χ4v) is 4.53. The van der Waals surface area contributed by atoms with E-state index in [1.807, 2.05) is 6.92 Å². The molecule has 0 radical (unpaired) electrons. The first-order valence-corrected chi connectivity index (χ1v) is 11.6. The third-order valence-corrected chi connectivity index (χ3v) is 6.17. The zero-order valence-corrected chi connectivity index (χ0v) is 19.7. The van der Waals surface area contributed by atoms with Gasteiger partial charge in [0.25, 0.3) is 5.91 Å². The number of rotatable bonds is 5. The summed E-state index contributed by atoms with van der Waals surface area (Å²) in [6, 6.07) is 14.6. The van der Waals surface area contributed by atoms with Gasteiger partial charge < -0.3 is 9.15 Å². The number of halogens is 4. The van der Waals surface area contributed by atoms with Crippen molar-refractivity contribution in [2.24, 2.45) is 0 Å². The van der Waals surface area contributed by atoms with Gasteiger partial charge in [0.05, 0.1) is 29.2 Å². The van der Waals surface area contributed by atoms with Crippen LogP contribution in [0.3, 0.4) is 0 Å². The third-order valence-electron chi connectivity index (χ3n) is 5.93.